The summed E-state index contributed by atoms with van der Waals surface area (Å²) in [6.07, 6.45) is 3.44. The van der Waals surface area contributed by atoms with Crippen LogP contribution in [0.2, 0.25) is 0 Å². The van der Waals surface area contributed by atoms with E-state index < -0.39 is 5.25 Å². The summed E-state index contributed by atoms with van der Waals surface area (Å²) in [5, 5.41) is 10.5. The van der Waals surface area contributed by atoms with Gasteiger partial charge in [-0.2, -0.15) is 10.1 Å². The maximum absolute atomic E-state index is 12.9. The molecule has 0 bridgehead atoms. The number of nitrogens with zero attached hydrogens (tertiary/aromatic N) is 4. The molecule has 2 aliphatic heterocycles. The summed E-state index contributed by atoms with van der Waals surface area (Å²) in [5.74, 6) is -0.773. The van der Waals surface area contributed by atoms with Gasteiger partial charge in [-0.3, -0.25) is 19.1 Å². The van der Waals surface area contributed by atoms with E-state index in [9.17, 15) is 14.4 Å². The summed E-state index contributed by atoms with van der Waals surface area (Å²) in [7, 11) is 1.88. The van der Waals surface area contributed by atoms with Crippen LogP contribution in [0.3, 0.4) is 0 Å². The highest BCUT2D eigenvalue weighted by atomic mass is 32.2. The Hall–Kier alpha value is -3.14. The molecule has 1 aromatic carbocycles. The lowest BCUT2D eigenvalue weighted by Gasteiger charge is -2.27. The molecule has 2 aliphatic rings. The zero-order chi connectivity index (χ0) is 25.1. The zero-order valence-electron chi connectivity index (χ0n) is 20.6. The Morgan fingerprint density at radius 1 is 1.20 bits per heavy atom. The van der Waals surface area contributed by atoms with Gasteiger partial charge in [-0.05, 0) is 58.2 Å². The Morgan fingerprint density at radius 2 is 1.94 bits per heavy atom. The highest BCUT2D eigenvalue weighted by Gasteiger charge is 2.33. The van der Waals surface area contributed by atoms with Crippen molar-refractivity contribution >= 4 is 40.3 Å². The fourth-order valence-electron chi connectivity index (χ4n) is 4.62. The lowest BCUT2D eigenvalue weighted by atomic mass is 10.1. The number of benzene rings is 1. The normalized spacial score (nSPS) is 18.9. The molecule has 186 valence electrons. The number of amidine groups is 1. The Morgan fingerprint density at radius 3 is 2.63 bits per heavy atom. The van der Waals surface area contributed by atoms with Crippen molar-refractivity contribution in [3.8, 4) is 0 Å². The van der Waals surface area contributed by atoms with Crippen molar-refractivity contribution in [3.05, 3.63) is 46.8 Å². The van der Waals surface area contributed by atoms with Crippen molar-refractivity contribution in [1.29, 1.82) is 0 Å². The van der Waals surface area contributed by atoms with E-state index in [1.165, 1.54) is 18.2 Å². The largest absolute Gasteiger partial charge is 0.351 e. The molecule has 0 saturated carbocycles. The first-order chi connectivity index (χ1) is 16.7. The monoisotopic (exact) mass is 496 g/mol. The molecule has 9 nitrogen and oxygen atoms in total. The molecule has 2 N–H and O–H groups in total. The smallest absolute Gasteiger partial charge is 0.262 e. The highest BCUT2D eigenvalue weighted by molar-refractivity contribution is 8.15. The highest BCUT2D eigenvalue weighted by Crippen LogP contribution is 2.29. The SMILES string of the molecule is Cc1nn(C)c(C)c1C(C)NC(=O)c1cccc(NC(=O)CC2SC(N3CCCCC3)=NC2=O)c1. The summed E-state index contributed by atoms with van der Waals surface area (Å²) < 4.78 is 1.80. The van der Waals surface area contributed by atoms with Gasteiger partial charge in [-0.15, -0.1) is 0 Å². The molecule has 1 saturated heterocycles. The predicted octanol–water partition coefficient (Wildman–Crippen LogP) is 3.34. The average Bonchev–Trinajstić information content (AvgIpc) is 3.31. The standard InChI is InChI=1S/C25H32N6O3S/c1-15(22-16(2)29-30(4)17(22)3)26-23(33)18-9-8-10-19(13-18)27-21(32)14-20-24(34)28-25(35-20)31-11-6-5-7-12-31/h8-10,13,15,20H,5-7,11-12,14H2,1-4H3,(H,26,33)(H,27,32). The second-order valence-electron chi connectivity index (χ2n) is 9.12. The van der Waals surface area contributed by atoms with Crippen LogP contribution < -0.4 is 10.6 Å². The molecule has 3 heterocycles. The lowest BCUT2D eigenvalue weighted by Crippen LogP contribution is -2.33. The van der Waals surface area contributed by atoms with Gasteiger partial charge in [-0.25, -0.2) is 0 Å². The van der Waals surface area contributed by atoms with Crippen LogP contribution in [0.25, 0.3) is 0 Å². The molecule has 10 heteroatoms. The van der Waals surface area contributed by atoms with Crippen LogP contribution in [-0.4, -0.2) is 55.9 Å². The second kappa shape index (κ2) is 10.6. The van der Waals surface area contributed by atoms with Gasteiger partial charge in [0, 0.05) is 49.1 Å². The van der Waals surface area contributed by atoms with E-state index in [0.717, 1.165) is 48.1 Å². The van der Waals surface area contributed by atoms with Crippen LogP contribution in [0.5, 0.6) is 0 Å². The molecule has 2 aromatic rings. The van der Waals surface area contributed by atoms with Crippen molar-refractivity contribution < 1.29 is 14.4 Å². The van der Waals surface area contributed by atoms with Crippen LogP contribution in [0.15, 0.2) is 29.3 Å². The summed E-state index contributed by atoms with van der Waals surface area (Å²) in [4.78, 5) is 44.2. The first kappa shape index (κ1) is 25.0. The second-order valence-corrected chi connectivity index (χ2v) is 10.3. The fraction of sp³-hybridized carbons (Fsp3) is 0.480. The van der Waals surface area contributed by atoms with E-state index in [1.54, 1.807) is 28.9 Å². The average molecular weight is 497 g/mol. The third kappa shape index (κ3) is 5.75. The molecule has 0 spiro atoms. The van der Waals surface area contributed by atoms with E-state index in [2.05, 4.69) is 25.6 Å². The van der Waals surface area contributed by atoms with Crippen LogP contribution in [0, 0.1) is 13.8 Å². The summed E-state index contributed by atoms with van der Waals surface area (Å²) in [5.41, 5.74) is 3.83. The number of hydrogen-bond acceptors (Lipinski definition) is 6. The topological polar surface area (TPSA) is 109 Å². The maximum atomic E-state index is 12.9. The minimum Gasteiger partial charge on any atom is -0.351 e. The number of aliphatic imine (C=N–C) groups is 1. The number of thioether (sulfide) groups is 1. The van der Waals surface area contributed by atoms with Crippen LogP contribution in [0.4, 0.5) is 5.69 Å². The Bertz CT molecular complexity index is 1170. The van der Waals surface area contributed by atoms with Gasteiger partial charge in [-0.1, -0.05) is 17.8 Å². The number of aryl methyl sites for hydroxylation is 2. The quantitative estimate of drug-likeness (QED) is 0.635. The fourth-order valence-corrected chi connectivity index (χ4v) is 5.73. The molecule has 2 unspecified atom stereocenters. The van der Waals surface area contributed by atoms with Gasteiger partial charge in [0.05, 0.1) is 11.7 Å². The molecular weight excluding hydrogens is 464 g/mol. The number of nitrogens with one attached hydrogen (secondary N) is 2. The molecule has 4 rings (SSSR count). The Kier molecular flexibility index (Phi) is 7.59. The summed E-state index contributed by atoms with van der Waals surface area (Å²) in [6.45, 7) is 7.64. The van der Waals surface area contributed by atoms with Crippen LogP contribution in [-0.2, 0) is 16.6 Å². The van der Waals surface area contributed by atoms with Gasteiger partial charge >= 0.3 is 0 Å². The number of likely N-dealkylation sites (tertiary alicyclic amines) is 1. The Labute approximate surface area is 209 Å². The molecule has 35 heavy (non-hydrogen) atoms. The van der Waals surface area contributed by atoms with Gasteiger partial charge < -0.3 is 15.5 Å². The van der Waals surface area contributed by atoms with Gasteiger partial charge in [0.25, 0.3) is 11.8 Å². The molecule has 0 radical (unpaired) electrons. The Balaban J connectivity index is 1.33. The van der Waals surface area contributed by atoms with Crippen LogP contribution >= 0.6 is 11.8 Å². The molecule has 2 atom stereocenters. The van der Waals surface area contributed by atoms with Crippen molar-refractivity contribution in [3.63, 3.8) is 0 Å². The van der Waals surface area contributed by atoms with Crippen molar-refractivity contribution in [2.45, 2.75) is 57.7 Å². The molecule has 0 aliphatic carbocycles. The van der Waals surface area contributed by atoms with E-state index >= 15 is 0 Å². The van der Waals surface area contributed by atoms with E-state index in [4.69, 9.17) is 0 Å². The third-order valence-corrected chi connectivity index (χ3v) is 7.69. The first-order valence-electron chi connectivity index (χ1n) is 12.0. The number of carbonyl (C=O) groups is 3. The molecular formula is C25H32N6O3S. The molecule has 3 amide bonds. The zero-order valence-corrected chi connectivity index (χ0v) is 21.4. The summed E-state index contributed by atoms with van der Waals surface area (Å²) in [6, 6.07) is 6.59. The predicted molar refractivity (Wildman–Crippen MR) is 137 cm³/mol. The van der Waals surface area contributed by atoms with Gasteiger partial charge in [0.2, 0.25) is 5.91 Å². The van der Waals surface area contributed by atoms with E-state index in [0.29, 0.717) is 11.3 Å². The number of carbonyl (C=O) groups excluding carboxylic acids is 3. The number of amides is 3. The number of anilines is 1. The van der Waals surface area contributed by atoms with E-state index in [-0.39, 0.29) is 30.2 Å². The van der Waals surface area contributed by atoms with Crippen LogP contribution in [0.1, 0.15) is 66.0 Å². The minimum atomic E-state index is -0.509. The van der Waals surface area contributed by atoms with Crippen molar-refractivity contribution in [2.75, 3.05) is 18.4 Å². The van der Waals surface area contributed by atoms with Gasteiger partial charge in [0.15, 0.2) is 5.17 Å². The van der Waals surface area contributed by atoms with Crippen molar-refractivity contribution in [2.24, 2.45) is 12.0 Å². The third-order valence-electron chi connectivity index (χ3n) is 6.48. The molecule has 1 fully saturated rings. The number of aromatic nitrogens is 2. The summed E-state index contributed by atoms with van der Waals surface area (Å²) >= 11 is 1.38. The minimum absolute atomic E-state index is 0.0390. The molecule has 1 aromatic heterocycles. The number of piperidine rings is 1. The lowest BCUT2D eigenvalue weighted by molar-refractivity contribution is -0.121. The van der Waals surface area contributed by atoms with E-state index in [1.807, 2.05) is 27.8 Å². The van der Waals surface area contributed by atoms with Gasteiger partial charge in [0.1, 0.15) is 5.25 Å². The number of rotatable bonds is 6. The number of hydrogen-bond donors (Lipinski definition) is 2. The van der Waals surface area contributed by atoms with Crippen molar-refractivity contribution in [1.82, 2.24) is 20.0 Å². The first-order valence-corrected chi connectivity index (χ1v) is 12.9. The maximum Gasteiger partial charge on any atom is 0.262 e.